The van der Waals surface area contributed by atoms with E-state index in [1.807, 2.05) is 0 Å². The lowest BCUT2D eigenvalue weighted by molar-refractivity contribution is -0.385. The summed E-state index contributed by atoms with van der Waals surface area (Å²) in [5, 5.41) is 10.9. The lowest BCUT2D eigenvalue weighted by atomic mass is 10.2. The number of benzene rings is 2. The van der Waals surface area contributed by atoms with Crippen molar-refractivity contribution in [3.8, 4) is 17.2 Å². The van der Waals surface area contributed by atoms with Crippen molar-refractivity contribution < 1.29 is 33.1 Å². The van der Waals surface area contributed by atoms with Gasteiger partial charge in [0, 0.05) is 12.1 Å². The molecule has 3 rings (SSSR count). The SMILES string of the molecule is O=C(COc1cc(F)ccc1[N+](=O)[O-])NNC(=O)[C@H]1COc2ccccc2O1. The Hall–Kier alpha value is -3.89. The van der Waals surface area contributed by atoms with Crippen LogP contribution in [0.1, 0.15) is 0 Å². The highest BCUT2D eigenvalue weighted by molar-refractivity contribution is 5.85. The number of carbonyl (C=O) groups is 2. The van der Waals surface area contributed by atoms with E-state index in [0.29, 0.717) is 11.5 Å². The first-order chi connectivity index (χ1) is 13.4. The molecule has 10 nitrogen and oxygen atoms in total. The molecule has 2 aromatic rings. The number of hydrazine groups is 1. The van der Waals surface area contributed by atoms with Gasteiger partial charge in [-0.1, -0.05) is 12.1 Å². The van der Waals surface area contributed by atoms with Crippen molar-refractivity contribution in [1.29, 1.82) is 0 Å². The third kappa shape index (κ3) is 4.44. The van der Waals surface area contributed by atoms with Crippen LogP contribution in [0.25, 0.3) is 0 Å². The molecule has 0 unspecified atom stereocenters. The van der Waals surface area contributed by atoms with Crippen molar-refractivity contribution >= 4 is 17.5 Å². The van der Waals surface area contributed by atoms with Crippen LogP contribution in [0.5, 0.6) is 17.2 Å². The second kappa shape index (κ2) is 8.20. The van der Waals surface area contributed by atoms with Gasteiger partial charge in [0.15, 0.2) is 18.1 Å². The van der Waals surface area contributed by atoms with Crippen LogP contribution in [0, 0.1) is 15.9 Å². The predicted octanol–water partition coefficient (Wildman–Crippen LogP) is 1.10. The molecule has 2 amide bonds. The number of hydrogen-bond acceptors (Lipinski definition) is 7. The zero-order valence-electron chi connectivity index (χ0n) is 14.2. The molecule has 11 heteroatoms. The van der Waals surface area contributed by atoms with Crippen LogP contribution in [0.3, 0.4) is 0 Å². The summed E-state index contributed by atoms with van der Waals surface area (Å²) in [5.74, 6) is -1.76. The summed E-state index contributed by atoms with van der Waals surface area (Å²) in [7, 11) is 0. The second-order valence-electron chi connectivity index (χ2n) is 5.56. The number of halogens is 1. The molecule has 1 aliphatic rings. The summed E-state index contributed by atoms with van der Waals surface area (Å²) in [6, 6.07) is 9.40. The van der Waals surface area contributed by atoms with Gasteiger partial charge in [0.1, 0.15) is 12.4 Å². The number of nitrogens with zero attached hydrogens (tertiary/aromatic N) is 1. The first kappa shape index (κ1) is 18.9. The minimum Gasteiger partial charge on any atom is -0.485 e. The van der Waals surface area contributed by atoms with Crippen molar-refractivity contribution in [3.05, 3.63) is 58.4 Å². The maximum absolute atomic E-state index is 13.2. The topological polar surface area (TPSA) is 129 Å². The van der Waals surface area contributed by atoms with Crippen LogP contribution in [-0.4, -0.2) is 36.1 Å². The van der Waals surface area contributed by atoms with E-state index in [9.17, 15) is 24.1 Å². The number of nitro benzene ring substituents is 1. The molecule has 0 saturated heterocycles. The fourth-order valence-corrected chi connectivity index (χ4v) is 2.29. The Morgan fingerprint density at radius 1 is 1.21 bits per heavy atom. The van der Waals surface area contributed by atoms with E-state index in [1.54, 1.807) is 24.3 Å². The maximum Gasteiger partial charge on any atom is 0.311 e. The summed E-state index contributed by atoms with van der Waals surface area (Å²) in [6.45, 7) is -0.736. The highest BCUT2D eigenvalue weighted by atomic mass is 19.1. The number of nitrogens with one attached hydrogen (secondary N) is 2. The Kier molecular flexibility index (Phi) is 5.53. The molecule has 146 valence electrons. The Morgan fingerprint density at radius 2 is 1.96 bits per heavy atom. The summed E-state index contributed by atoms with van der Waals surface area (Å²) in [5.41, 5.74) is 3.72. The summed E-state index contributed by atoms with van der Waals surface area (Å²) in [6.07, 6.45) is -0.986. The van der Waals surface area contributed by atoms with Crippen LogP contribution >= 0.6 is 0 Å². The van der Waals surface area contributed by atoms with Crippen LogP contribution < -0.4 is 25.1 Å². The number of para-hydroxylation sites is 2. The molecule has 2 N–H and O–H groups in total. The summed E-state index contributed by atoms with van der Waals surface area (Å²) in [4.78, 5) is 33.9. The quantitative estimate of drug-likeness (QED) is 0.577. The van der Waals surface area contributed by atoms with Gasteiger partial charge in [0.25, 0.3) is 11.8 Å². The van der Waals surface area contributed by atoms with E-state index in [1.165, 1.54) is 0 Å². The van der Waals surface area contributed by atoms with Gasteiger partial charge in [-0.05, 0) is 18.2 Å². The largest absolute Gasteiger partial charge is 0.485 e. The summed E-state index contributed by atoms with van der Waals surface area (Å²) >= 11 is 0. The highest BCUT2D eigenvalue weighted by Crippen LogP contribution is 2.30. The van der Waals surface area contributed by atoms with E-state index in [-0.39, 0.29) is 6.61 Å². The fourth-order valence-electron chi connectivity index (χ4n) is 2.29. The minimum absolute atomic E-state index is 0.0509. The number of rotatable bonds is 5. The third-order valence-electron chi connectivity index (χ3n) is 3.60. The van der Waals surface area contributed by atoms with E-state index in [4.69, 9.17) is 14.2 Å². The average molecular weight is 391 g/mol. The van der Waals surface area contributed by atoms with E-state index in [2.05, 4.69) is 10.9 Å². The first-order valence-corrected chi connectivity index (χ1v) is 7.98. The fraction of sp³-hybridized carbons (Fsp3) is 0.176. The van der Waals surface area contributed by atoms with Crippen molar-refractivity contribution in [3.63, 3.8) is 0 Å². The van der Waals surface area contributed by atoms with Gasteiger partial charge >= 0.3 is 5.69 Å². The standard InChI is InChI=1S/C17H14FN3O7/c18-10-5-6-11(21(24)25)14(7-10)27-9-16(22)19-20-17(23)15-8-26-12-3-1-2-4-13(12)28-15/h1-7,15H,8-9H2,(H,19,22)(H,20,23)/t15-/m1/s1. The number of hydrogen-bond donors (Lipinski definition) is 2. The smallest absolute Gasteiger partial charge is 0.311 e. The molecular formula is C17H14FN3O7. The average Bonchev–Trinajstić information content (AvgIpc) is 2.69. The molecule has 28 heavy (non-hydrogen) atoms. The number of nitro groups is 1. The molecule has 1 atom stereocenters. The van der Waals surface area contributed by atoms with Gasteiger partial charge in [-0.15, -0.1) is 0 Å². The summed E-state index contributed by atoms with van der Waals surface area (Å²) < 4.78 is 29.0. The van der Waals surface area contributed by atoms with Crippen LogP contribution in [0.15, 0.2) is 42.5 Å². The van der Waals surface area contributed by atoms with Gasteiger partial charge in [-0.25, -0.2) is 4.39 Å². The van der Waals surface area contributed by atoms with Crippen molar-refractivity contribution in [2.24, 2.45) is 0 Å². The van der Waals surface area contributed by atoms with Gasteiger partial charge in [-0.3, -0.25) is 30.6 Å². The molecule has 2 aromatic carbocycles. The lowest BCUT2D eigenvalue weighted by Gasteiger charge is -2.25. The lowest BCUT2D eigenvalue weighted by Crippen LogP contribution is -2.51. The second-order valence-corrected chi connectivity index (χ2v) is 5.56. The Bertz CT molecular complexity index is 921. The molecule has 0 aromatic heterocycles. The third-order valence-corrected chi connectivity index (χ3v) is 3.60. The van der Waals surface area contributed by atoms with E-state index < -0.39 is 46.7 Å². The van der Waals surface area contributed by atoms with E-state index >= 15 is 0 Å². The molecule has 0 saturated carbocycles. The number of carbonyl (C=O) groups excluding carboxylic acids is 2. The number of ether oxygens (including phenoxy) is 3. The zero-order valence-corrected chi connectivity index (χ0v) is 14.2. The predicted molar refractivity (Wildman–Crippen MR) is 91.2 cm³/mol. The highest BCUT2D eigenvalue weighted by Gasteiger charge is 2.27. The minimum atomic E-state index is -0.986. The van der Waals surface area contributed by atoms with Crippen molar-refractivity contribution in [2.45, 2.75) is 6.10 Å². The van der Waals surface area contributed by atoms with Gasteiger partial charge in [0.2, 0.25) is 11.9 Å². The molecule has 1 heterocycles. The van der Waals surface area contributed by atoms with Gasteiger partial charge < -0.3 is 14.2 Å². The Morgan fingerprint density at radius 3 is 2.71 bits per heavy atom. The zero-order chi connectivity index (χ0) is 20.1. The molecular weight excluding hydrogens is 377 g/mol. The Balaban J connectivity index is 1.49. The van der Waals surface area contributed by atoms with Gasteiger partial charge in [0.05, 0.1) is 4.92 Å². The Labute approximate surface area is 157 Å². The monoisotopic (exact) mass is 391 g/mol. The molecule has 0 aliphatic carbocycles. The van der Waals surface area contributed by atoms with Crippen molar-refractivity contribution in [1.82, 2.24) is 10.9 Å². The molecule has 0 spiro atoms. The van der Waals surface area contributed by atoms with Crippen LogP contribution in [0.2, 0.25) is 0 Å². The van der Waals surface area contributed by atoms with Crippen LogP contribution in [-0.2, 0) is 9.59 Å². The molecule has 0 fully saturated rings. The maximum atomic E-state index is 13.2. The van der Waals surface area contributed by atoms with E-state index in [0.717, 1.165) is 18.2 Å². The van der Waals surface area contributed by atoms with Crippen LogP contribution in [0.4, 0.5) is 10.1 Å². The first-order valence-electron chi connectivity index (χ1n) is 7.98. The molecule has 0 bridgehead atoms. The number of fused-ring (bicyclic) bond motifs is 1. The normalized spacial score (nSPS) is 14.7. The molecule has 0 radical (unpaired) electrons. The van der Waals surface area contributed by atoms with Crippen molar-refractivity contribution in [2.75, 3.05) is 13.2 Å². The van der Waals surface area contributed by atoms with Gasteiger partial charge in [-0.2, -0.15) is 0 Å². The molecule has 1 aliphatic heterocycles. The number of amides is 2.